The molecule has 1 fully saturated rings. The van der Waals surface area contributed by atoms with Gasteiger partial charge in [-0.15, -0.1) is 5.10 Å². The number of unbranched alkanes of at least 4 members (excludes halogenated alkanes) is 2. The lowest BCUT2D eigenvalue weighted by atomic mass is 10.0. The fourth-order valence-corrected chi connectivity index (χ4v) is 2.47. The molecule has 0 radical (unpaired) electrons. The highest BCUT2D eigenvalue weighted by atomic mass is 16.5. The molecule has 1 aliphatic heterocycles. The molecule has 0 spiro atoms. The molecule has 1 aliphatic rings. The van der Waals surface area contributed by atoms with Crippen molar-refractivity contribution in [2.45, 2.75) is 44.6 Å². The third-order valence-electron chi connectivity index (χ3n) is 3.44. The first kappa shape index (κ1) is 14.0. The molecular weight excluding hydrogens is 244 g/mol. The lowest BCUT2D eigenvalue weighted by Gasteiger charge is -2.12. The van der Waals surface area contributed by atoms with Crippen molar-refractivity contribution in [3.05, 3.63) is 11.4 Å². The van der Waals surface area contributed by atoms with Gasteiger partial charge in [0, 0.05) is 25.7 Å². The highest BCUT2D eigenvalue weighted by molar-refractivity contribution is 5.19. The lowest BCUT2D eigenvalue weighted by Crippen LogP contribution is -2.11. The molecule has 6 heteroatoms. The van der Waals surface area contributed by atoms with Crippen LogP contribution in [-0.2, 0) is 17.7 Å². The van der Waals surface area contributed by atoms with E-state index in [4.69, 9.17) is 15.1 Å². The zero-order valence-corrected chi connectivity index (χ0v) is 11.1. The van der Waals surface area contributed by atoms with Gasteiger partial charge in [0.15, 0.2) is 0 Å². The second-order valence-corrected chi connectivity index (χ2v) is 4.82. The summed E-state index contributed by atoms with van der Waals surface area (Å²) in [6.07, 6.45) is 4.05. The molecule has 2 heterocycles. The Morgan fingerprint density at radius 3 is 3.00 bits per heavy atom. The third kappa shape index (κ3) is 3.52. The molecule has 1 N–H and O–H groups in total. The minimum absolute atomic E-state index is 0.236. The van der Waals surface area contributed by atoms with Gasteiger partial charge in [-0.25, -0.2) is 4.68 Å². The molecule has 19 heavy (non-hydrogen) atoms. The predicted octanol–water partition coefficient (Wildman–Crippen LogP) is 1.01. The summed E-state index contributed by atoms with van der Waals surface area (Å²) in [5, 5.41) is 25.9. The number of hydrogen-bond donors (Lipinski definition) is 1. The van der Waals surface area contributed by atoms with Gasteiger partial charge in [-0.1, -0.05) is 5.21 Å². The average molecular weight is 264 g/mol. The quantitative estimate of drug-likeness (QED) is 0.743. The van der Waals surface area contributed by atoms with Crippen LogP contribution >= 0.6 is 0 Å². The van der Waals surface area contributed by atoms with Gasteiger partial charge in [0.1, 0.15) is 5.69 Å². The molecule has 0 saturated carbocycles. The number of ether oxygens (including phenoxy) is 1. The molecule has 1 unspecified atom stereocenters. The van der Waals surface area contributed by atoms with Gasteiger partial charge < -0.3 is 9.84 Å². The maximum atomic E-state index is 8.86. The Balaban J connectivity index is 2.06. The Morgan fingerprint density at radius 2 is 2.32 bits per heavy atom. The van der Waals surface area contributed by atoms with Crippen LogP contribution in [0.4, 0.5) is 0 Å². The molecule has 0 aromatic carbocycles. The van der Waals surface area contributed by atoms with Crippen molar-refractivity contribution < 1.29 is 9.84 Å². The topological polar surface area (TPSA) is 84.0 Å². The zero-order valence-electron chi connectivity index (χ0n) is 11.1. The van der Waals surface area contributed by atoms with E-state index in [0.29, 0.717) is 18.9 Å². The minimum atomic E-state index is 0.236. The molecule has 0 aliphatic carbocycles. The summed E-state index contributed by atoms with van der Waals surface area (Å²) >= 11 is 0. The maximum absolute atomic E-state index is 8.86. The van der Waals surface area contributed by atoms with Crippen LogP contribution in [0.15, 0.2) is 0 Å². The predicted molar refractivity (Wildman–Crippen MR) is 68.5 cm³/mol. The Morgan fingerprint density at radius 1 is 1.42 bits per heavy atom. The third-order valence-corrected chi connectivity index (χ3v) is 3.44. The number of rotatable bonds is 7. The summed E-state index contributed by atoms with van der Waals surface area (Å²) < 4.78 is 7.35. The van der Waals surface area contributed by atoms with Gasteiger partial charge in [-0.05, 0) is 25.7 Å². The number of aliphatic hydroxyl groups excluding tert-OH is 1. The lowest BCUT2D eigenvalue weighted by molar-refractivity contribution is 0.193. The molecule has 1 saturated heterocycles. The second kappa shape index (κ2) is 7.22. The van der Waals surface area contributed by atoms with Crippen LogP contribution in [0.2, 0.25) is 0 Å². The fourth-order valence-electron chi connectivity index (χ4n) is 2.47. The van der Waals surface area contributed by atoms with E-state index in [1.165, 1.54) is 0 Å². The molecule has 2 rings (SSSR count). The minimum Gasteiger partial charge on any atom is -0.396 e. The van der Waals surface area contributed by atoms with Crippen molar-refractivity contribution in [3.63, 3.8) is 0 Å². The van der Waals surface area contributed by atoms with E-state index in [0.717, 1.165) is 50.2 Å². The number of hydrogen-bond acceptors (Lipinski definition) is 5. The molecule has 0 amide bonds. The van der Waals surface area contributed by atoms with Crippen molar-refractivity contribution in [2.75, 3.05) is 19.8 Å². The fraction of sp³-hybridized carbons (Fsp3) is 0.769. The normalized spacial score (nSPS) is 18.6. The van der Waals surface area contributed by atoms with Crippen LogP contribution in [-0.4, -0.2) is 39.9 Å². The number of aliphatic hydroxyl groups is 1. The molecule has 0 bridgehead atoms. The van der Waals surface area contributed by atoms with Gasteiger partial charge in [-0.2, -0.15) is 5.26 Å². The Hall–Kier alpha value is -1.45. The standard InChI is InChI=1S/C13H20N4O2/c14-6-4-12-13(11-5-9-19-10-11)17(16-15-12)7-2-1-3-8-18/h11,18H,1-5,7-10H2. The van der Waals surface area contributed by atoms with Crippen LogP contribution in [0, 0.1) is 11.3 Å². The summed E-state index contributed by atoms with van der Waals surface area (Å²) in [6.45, 7) is 2.50. The summed E-state index contributed by atoms with van der Waals surface area (Å²) in [5.41, 5.74) is 1.86. The summed E-state index contributed by atoms with van der Waals surface area (Å²) in [7, 11) is 0. The van der Waals surface area contributed by atoms with Crippen LogP contribution in [0.3, 0.4) is 0 Å². The molecule has 1 atom stereocenters. The van der Waals surface area contributed by atoms with Crippen LogP contribution < -0.4 is 0 Å². The first-order valence-corrected chi connectivity index (χ1v) is 6.84. The van der Waals surface area contributed by atoms with Crippen LogP contribution in [0.25, 0.3) is 0 Å². The number of aromatic nitrogens is 3. The highest BCUT2D eigenvalue weighted by Gasteiger charge is 2.25. The van der Waals surface area contributed by atoms with Crippen molar-refractivity contribution in [2.24, 2.45) is 0 Å². The molecule has 6 nitrogen and oxygen atoms in total. The van der Waals surface area contributed by atoms with E-state index in [1.807, 2.05) is 4.68 Å². The van der Waals surface area contributed by atoms with Crippen LogP contribution in [0.1, 0.15) is 43.0 Å². The average Bonchev–Trinajstić information content (AvgIpc) is 3.04. The summed E-state index contributed by atoms with van der Waals surface area (Å²) in [5.74, 6) is 0.316. The van der Waals surface area contributed by atoms with Gasteiger partial charge >= 0.3 is 0 Å². The zero-order chi connectivity index (χ0) is 13.5. The van der Waals surface area contributed by atoms with Gasteiger partial charge in [0.25, 0.3) is 0 Å². The molecule has 1 aromatic rings. The Bertz CT molecular complexity index is 432. The molecular formula is C13H20N4O2. The van der Waals surface area contributed by atoms with Gasteiger partial charge in [-0.3, -0.25) is 0 Å². The summed E-state index contributed by atoms with van der Waals surface area (Å²) in [6, 6.07) is 2.15. The molecule has 1 aromatic heterocycles. The van der Waals surface area contributed by atoms with E-state index >= 15 is 0 Å². The van der Waals surface area contributed by atoms with E-state index < -0.39 is 0 Å². The number of nitriles is 1. The van der Waals surface area contributed by atoms with E-state index in [1.54, 1.807) is 0 Å². The smallest absolute Gasteiger partial charge is 0.100 e. The maximum Gasteiger partial charge on any atom is 0.100 e. The largest absolute Gasteiger partial charge is 0.396 e. The van der Waals surface area contributed by atoms with Gasteiger partial charge in [0.05, 0.1) is 24.8 Å². The first-order valence-electron chi connectivity index (χ1n) is 6.84. The van der Waals surface area contributed by atoms with Crippen LogP contribution in [0.5, 0.6) is 0 Å². The molecule has 104 valence electrons. The van der Waals surface area contributed by atoms with Gasteiger partial charge in [0.2, 0.25) is 0 Å². The number of aryl methyl sites for hydroxylation is 1. The van der Waals surface area contributed by atoms with Crippen molar-refractivity contribution in [1.82, 2.24) is 15.0 Å². The summed E-state index contributed by atoms with van der Waals surface area (Å²) in [4.78, 5) is 0. The Labute approximate surface area is 113 Å². The van der Waals surface area contributed by atoms with Crippen molar-refractivity contribution in [3.8, 4) is 6.07 Å². The second-order valence-electron chi connectivity index (χ2n) is 4.82. The van der Waals surface area contributed by atoms with E-state index in [2.05, 4.69) is 16.4 Å². The van der Waals surface area contributed by atoms with Crippen molar-refractivity contribution >= 4 is 0 Å². The number of nitrogens with zero attached hydrogens (tertiary/aromatic N) is 4. The highest BCUT2D eigenvalue weighted by Crippen LogP contribution is 2.27. The SMILES string of the molecule is N#CCc1nnn(CCCCCO)c1C1CCOC1. The van der Waals surface area contributed by atoms with E-state index in [-0.39, 0.29) is 6.61 Å². The Kier molecular flexibility index (Phi) is 5.31. The van der Waals surface area contributed by atoms with Crippen molar-refractivity contribution in [1.29, 1.82) is 5.26 Å². The monoisotopic (exact) mass is 264 g/mol. The van der Waals surface area contributed by atoms with E-state index in [9.17, 15) is 0 Å². The first-order chi connectivity index (χ1) is 9.36.